The van der Waals surface area contributed by atoms with Gasteiger partial charge in [0.05, 0.1) is 11.4 Å². The number of thioether (sulfide) groups is 1. The molecule has 2 amide bonds. The molecule has 0 radical (unpaired) electrons. The monoisotopic (exact) mass is 401 g/mol. The van der Waals surface area contributed by atoms with Crippen LogP contribution in [0, 0.1) is 5.82 Å². The summed E-state index contributed by atoms with van der Waals surface area (Å²) < 4.78 is 24.3. The summed E-state index contributed by atoms with van der Waals surface area (Å²) in [6.45, 7) is 0.168. The minimum Gasteiger partial charge on any atom is -0.454 e. The van der Waals surface area contributed by atoms with Crippen molar-refractivity contribution >= 4 is 40.1 Å². The highest BCUT2D eigenvalue weighted by molar-refractivity contribution is 8.15. The van der Waals surface area contributed by atoms with Crippen LogP contribution < -0.4 is 14.8 Å². The number of rotatable bonds is 4. The quantitative estimate of drug-likeness (QED) is 0.851. The van der Waals surface area contributed by atoms with E-state index < -0.39 is 17.0 Å². The van der Waals surface area contributed by atoms with Gasteiger partial charge in [0.15, 0.2) is 16.7 Å². The van der Waals surface area contributed by atoms with E-state index in [2.05, 4.69) is 10.3 Å². The van der Waals surface area contributed by atoms with Crippen LogP contribution in [0.25, 0.3) is 0 Å². The van der Waals surface area contributed by atoms with Gasteiger partial charge in [-0.15, -0.1) is 0 Å². The van der Waals surface area contributed by atoms with Gasteiger partial charge >= 0.3 is 0 Å². The molecule has 2 aliphatic heterocycles. The summed E-state index contributed by atoms with van der Waals surface area (Å²) in [5.41, 5.74) is 0.702. The van der Waals surface area contributed by atoms with Crippen molar-refractivity contribution in [3.8, 4) is 11.5 Å². The van der Waals surface area contributed by atoms with Gasteiger partial charge in [0.25, 0.3) is 0 Å². The Kier molecular flexibility index (Phi) is 4.91. The van der Waals surface area contributed by atoms with E-state index in [4.69, 9.17) is 9.47 Å². The number of amides is 2. The fourth-order valence-electron chi connectivity index (χ4n) is 2.79. The lowest BCUT2D eigenvalue weighted by Gasteiger charge is -2.09. The largest absolute Gasteiger partial charge is 0.454 e. The van der Waals surface area contributed by atoms with E-state index in [0.717, 1.165) is 0 Å². The first-order chi connectivity index (χ1) is 13.5. The smallest absolute Gasteiger partial charge is 0.242 e. The van der Waals surface area contributed by atoms with E-state index in [1.807, 2.05) is 0 Å². The molecule has 1 saturated heterocycles. The zero-order valence-corrected chi connectivity index (χ0v) is 15.7. The Balaban J connectivity index is 1.45. The fourth-order valence-corrected chi connectivity index (χ4v) is 3.95. The number of aliphatic imine (C=N–C) groups is 1. The minimum atomic E-state index is -0.621. The maximum absolute atomic E-state index is 13.7. The number of amidine groups is 1. The summed E-state index contributed by atoms with van der Waals surface area (Å²) in [5.74, 6) is 0.0556. The molecule has 2 heterocycles. The molecule has 4 rings (SSSR count). The lowest BCUT2D eigenvalue weighted by atomic mass is 10.2. The number of ether oxygens (including phenoxy) is 2. The predicted octanol–water partition coefficient (Wildman–Crippen LogP) is 3.14. The molecule has 2 aliphatic rings. The Morgan fingerprint density at radius 2 is 2.07 bits per heavy atom. The summed E-state index contributed by atoms with van der Waals surface area (Å²) in [5, 5.41) is 2.36. The molecule has 7 nitrogen and oxygen atoms in total. The normalized spacial score (nSPS) is 19.4. The average Bonchev–Trinajstić information content (AvgIpc) is 3.24. The highest BCUT2D eigenvalue weighted by atomic mass is 32.2. The Morgan fingerprint density at radius 3 is 2.89 bits per heavy atom. The minimum absolute atomic E-state index is 0.0810. The van der Waals surface area contributed by atoms with Crippen LogP contribution >= 0.6 is 11.8 Å². The molecule has 28 heavy (non-hydrogen) atoms. The molecule has 0 saturated carbocycles. The number of hydrogen-bond donors (Lipinski definition) is 1. The molecule has 1 N–H and O–H groups in total. The zero-order valence-electron chi connectivity index (χ0n) is 14.8. The lowest BCUT2D eigenvalue weighted by molar-refractivity contribution is -0.127. The lowest BCUT2D eigenvalue weighted by Crippen LogP contribution is -2.30. The number of hydrogen-bond acceptors (Lipinski definition) is 6. The molecule has 144 valence electrons. The van der Waals surface area contributed by atoms with Crippen LogP contribution in [-0.4, -0.2) is 41.0 Å². The van der Waals surface area contributed by atoms with E-state index >= 15 is 0 Å². The van der Waals surface area contributed by atoms with Crippen molar-refractivity contribution < 1.29 is 23.5 Å². The van der Waals surface area contributed by atoms with Gasteiger partial charge in [0, 0.05) is 19.5 Å². The van der Waals surface area contributed by atoms with Crippen LogP contribution in [0.15, 0.2) is 47.5 Å². The van der Waals surface area contributed by atoms with Crippen molar-refractivity contribution in [3.63, 3.8) is 0 Å². The summed E-state index contributed by atoms with van der Waals surface area (Å²) in [7, 11) is 1.61. The number of nitrogens with zero attached hydrogens (tertiary/aromatic N) is 2. The molecule has 1 atom stereocenters. The molecule has 0 unspecified atom stereocenters. The van der Waals surface area contributed by atoms with E-state index in [1.165, 1.54) is 34.9 Å². The van der Waals surface area contributed by atoms with Gasteiger partial charge in [0.1, 0.15) is 11.1 Å². The summed E-state index contributed by atoms with van der Waals surface area (Å²) >= 11 is 1.20. The number of anilines is 1. The number of carbonyl (C=O) groups excluding carboxylic acids is 2. The van der Waals surface area contributed by atoms with Gasteiger partial charge in [0.2, 0.25) is 18.6 Å². The molecule has 2 aromatic carbocycles. The highest BCUT2D eigenvalue weighted by Gasteiger charge is 2.37. The second kappa shape index (κ2) is 7.51. The number of para-hydroxylation sites is 1. The van der Waals surface area contributed by atoms with Crippen LogP contribution in [0.5, 0.6) is 11.5 Å². The predicted molar refractivity (Wildman–Crippen MR) is 103 cm³/mol. The molecular weight excluding hydrogens is 385 g/mol. The third kappa shape index (κ3) is 3.65. The zero-order chi connectivity index (χ0) is 19.7. The third-order valence-electron chi connectivity index (χ3n) is 4.24. The highest BCUT2D eigenvalue weighted by Crippen LogP contribution is 2.37. The van der Waals surface area contributed by atoms with Gasteiger partial charge in [-0.05, 0) is 24.3 Å². The summed E-state index contributed by atoms with van der Waals surface area (Å²) in [6.07, 6.45) is -0.0810. The molecule has 1 fully saturated rings. The molecule has 9 heteroatoms. The van der Waals surface area contributed by atoms with Crippen molar-refractivity contribution in [1.29, 1.82) is 0 Å². The maximum atomic E-state index is 13.7. The van der Waals surface area contributed by atoms with Gasteiger partial charge in [-0.25, -0.2) is 9.38 Å². The van der Waals surface area contributed by atoms with Crippen molar-refractivity contribution in [2.24, 2.45) is 4.99 Å². The third-order valence-corrected chi connectivity index (χ3v) is 5.47. The molecule has 0 bridgehead atoms. The number of halogens is 1. The van der Waals surface area contributed by atoms with E-state index in [9.17, 15) is 14.0 Å². The van der Waals surface area contributed by atoms with Gasteiger partial charge < -0.3 is 14.8 Å². The van der Waals surface area contributed by atoms with Crippen molar-refractivity contribution in [2.75, 3.05) is 19.2 Å². The first-order valence-corrected chi connectivity index (χ1v) is 9.36. The topological polar surface area (TPSA) is 80.2 Å². The van der Waals surface area contributed by atoms with Crippen LogP contribution in [0.1, 0.15) is 6.42 Å². The van der Waals surface area contributed by atoms with Gasteiger partial charge in [-0.2, -0.15) is 0 Å². The molecule has 0 spiro atoms. The van der Waals surface area contributed by atoms with Gasteiger partial charge in [-0.1, -0.05) is 23.9 Å². The molecule has 2 aromatic rings. The van der Waals surface area contributed by atoms with E-state index in [-0.39, 0.29) is 24.8 Å². The number of benzene rings is 2. The summed E-state index contributed by atoms with van der Waals surface area (Å²) in [4.78, 5) is 30.6. The summed E-state index contributed by atoms with van der Waals surface area (Å²) in [6, 6.07) is 11.1. The molecular formula is C19H16FN3O4S. The van der Waals surface area contributed by atoms with Crippen LogP contribution in [-0.2, 0) is 9.59 Å². The van der Waals surface area contributed by atoms with Crippen LogP contribution in [0.2, 0.25) is 0 Å². The Bertz CT molecular complexity index is 981. The fraction of sp³-hybridized carbons (Fsp3) is 0.211. The molecule has 0 aliphatic carbocycles. The Morgan fingerprint density at radius 1 is 1.29 bits per heavy atom. The number of carbonyl (C=O) groups is 2. The van der Waals surface area contributed by atoms with Crippen molar-refractivity contribution in [1.82, 2.24) is 4.90 Å². The van der Waals surface area contributed by atoms with E-state index in [1.54, 1.807) is 31.3 Å². The Hall–Kier alpha value is -3.07. The van der Waals surface area contributed by atoms with E-state index in [0.29, 0.717) is 22.4 Å². The van der Waals surface area contributed by atoms with Crippen LogP contribution in [0.4, 0.5) is 15.8 Å². The number of nitrogens with one attached hydrogen (secondary N) is 1. The second-order valence-electron chi connectivity index (χ2n) is 6.17. The first kappa shape index (κ1) is 18.3. The second-order valence-corrected chi connectivity index (χ2v) is 7.34. The average molecular weight is 401 g/mol. The number of fused-ring (bicyclic) bond motifs is 1. The van der Waals surface area contributed by atoms with Crippen molar-refractivity contribution in [3.05, 3.63) is 48.3 Å². The van der Waals surface area contributed by atoms with Gasteiger partial charge in [-0.3, -0.25) is 14.5 Å². The van der Waals surface area contributed by atoms with Crippen LogP contribution in [0.3, 0.4) is 0 Å². The first-order valence-electron chi connectivity index (χ1n) is 8.48. The molecule has 0 aromatic heterocycles. The Labute approximate surface area is 164 Å². The maximum Gasteiger partial charge on any atom is 0.242 e. The van der Waals surface area contributed by atoms with Crippen molar-refractivity contribution in [2.45, 2.75) is 11.7 Å². The standard InChI is InChI=1S/C19H16FN3O4S/c1-23-18(25)16(9-17(24)22-13-5-3-2-4-12(13)20)28-19(23)21-11-6-7-14-15(8-11)27-10-26-14/h2-8,16H,9-10H2,1H3,(H,22,24)/t16-/m1/s1. The SMILES string of the molecule is CN1C(=O)[C@@H](CC(=O)Nc2ccccc2F)SC1=Nc1ccc2c(c1)OCO2.